The molecule has 2 aromatic carbocycles. The Morgan fingerprint density at radius 3 is 2.75 bits per heavy atom. The molecule has 0 aliphatic carbocycles. The Morgan fingerprint density at radius 1 is 1.10 bits per heavy atom. The average molecular weight is 288 g/mol. The monoisotopic (exact) mass is 287 g/mol. The first kappa shape index (κ1) is 13.5. The van der Waals surface area contributed by atoms with Gasteiger partial charge in [0.25, 0.3) is 0 Å². The molecule has 1 saturated heterocycles. The van der Waals surface area contributed by atoms with Gasteiger partial charge in [0.1, 0.15) is 11.9 Å². The fourth-order valence-corrected chi connectivity index (χ4v) is 2.79. The highest BCUT2D eigenvalue weighted by Crippen LogP contribution is 2.22. The Labute approximate surface area is 124 Å². The maximum absolute atomic E-state index is 6.00. The molecule has 1 aliphatic heterocycles. The van der Waals surface area contributed by atoms with Gasteiger partial charge in [-0.2, -0.15) is 0 Å². The van der Waals surface area contributed by atoms with Crippen molar-refractivity contribution in [2.45, 2.75) is 19.1 Å². The normalized spacial score (nSPS) is 19.1. The molecule has 1 fully saturated rings. The van der Waals surface area contributed by atoms with Gasteiger partial charge in [0.05, 0.1) is 0 Å². The molecule has 0 spiro atoms. The van der Waals surface area contributed by atoms with Crippen molar-refractivity contribution in [3.63, 3.8) is 0 Å². The van der Waals surface area contributed by atoms with Crippen LogP contribution in [0.3, 0.4) is 0 Å². The third kappa shape index (κ3) is 3.53. The van der Waals surface area contributed by atoms with Crippen LogP contribution in [0.5, 0.6) is 5.75 Å². The van der Waals surface area contributed by atoms with Crippen LogP contribution < -0.4 is 4.74 Å². The van der Waals surface area contributed by atoms with E-state index in [0.29, 0.717) is 0 Å². The molecular weight excluding hydrogens is 270 g/mol. The van der Waals surface area contributed by atoms with Crippen LogP contribution in [-0.4, -0.2) is 24.1 Å². The summed E-state index contributed by atoms with van der Waals surface area (Å²) in [5.74, 6) is 0.865. The van der Waals surface area contributed by atoms with E-state index in [2.05, 4.69) is 35.2 Å². The molecule has 2 nitrogen and oxygen atoms in total. The number of ether oxygens (including phenoxy) is 1. The second kappa shape index (κ2) is 6.29. The van der Waals surface area contributed by atoms with E-state index in [1.54, 1.807) is 0 Å². The Kier molecular flexibility index (Phi) is 4.24. The summed E-state index contributed by atoms with van der Waals surface area (Å²) in [7, 11) is 0. The van der Waals surface area contributed by atoms with Crippen molar-refractivity contribution in [3.05, 3.63) is 65.2 Å². The van der Waals surface area contributed by atoms with Crippen LogP contribution >= 0.6 is 11.6 Å². The number of nitrogens with zero attached hydrogens (tertiary/aromatic N) is 1. The second-order valence-corrected chi connectivity index (χ2v) is 5.64. The van der Waals surface area contributed by atoms with Crippen molar-refractivity contribution in [1.82, 2.24) is 4.90 Å². The quantitative estimate of drug-likeness (QED) is 0.843. The zero-order valence-electron chi connectivity index (χ0n) is 11.3. The summed E-state index contributed by atoms with van der Waals surface area (Å²) in [4.78, 5) is 2.44. The summed E-state index contributed by atoms with van der Waals surface area (Å²) >= 11 is 5.98. The lowest BCUT2D eigenvalue weighted by Crippen LogP contribution is -2.24. The molecule has 1 aliphatic rings. The van der Waals surface area contributed by atoms with E-state index in [1.807, 2.05) is 24.3 Å². The molecule has 0 radical (unpaired) electrons. The van der Waals surface area contributed by atoms with Crippen molar-refractivity contribution < 1.29 is 4.74 Å². The van der Waals surface area contributed by atoms with E-state index >= 15 is 0 Å². The molecule has 0 amide bonds. The van der Waals surface area contributed by atoms with Crippen LogP contribution in [0.4, 0.5) is 0 Å². The molecule has 104 valence electrons. The Balaban J connectivity index is 1.54. The largest absolute Gasteiger partial charge is 0.489 e. The van der Waals surface area contributed by atoms with Gasteiger partial charge in [0.2, 0.25) is 0 Å². The zero-order valence-corrected chi connectivity index (χ0v) is 12.1. The van der Waals surface area contributed by atoms with Gasteiger partial charge in [-0.15, -0.1) is 0 Å². The molecule has 1 unspecified atom stereocenters. The molecule has 1 heterocycles. The fraction of sp³-hybridized carbons (Fsp3) is 0.294. The highest BCUT2D eigenvalue weighted by atomic mass is 35.5. The summed E-state index contributed by atoms with van der Waals surface area (Å²) in [5.41, 5.74) is 1.36. The van der Waals surface area contributed by atoms with Gasteiger partial charge in [-0.05, 0) is 30.2 Å². The zero-order chi connectivity index (χ0) is 13.8. The molecule has 0 bridgehead atoms. The molecule has 0 N–H and O–H groups in total. The summed E-state index contributed by atoms with van der Waals surface area (Å²) in [6, 6.07) is 18.2. The van der Waals surface area contributed by atoms with Crippen molar-refractivity contribution in [1.29, 1.82) is 0 Å². The predicted molar refractivity (Wildman–Crippen MR) is 82.2 cm³/mol. The second-order valence-electron chi connectivity index (χ2n) is 5.21. The van der Waals surface area contributed by atoms with Crippen LogP contribution in [0.25, 0.3) is 0 Å². The van der Waals surface area contributed by atoms with E-state index in [9.17, 15) is 0 Å². The van der Waals surface area contributed by atoms with E-state index < -0.39 is 0 Å². The maximum atomic E-state index is 6.00. The summed E-state index contributed by atoms with van der Waals surface area (Å²) in [6.07, 6.45) is 1.33. The lowest BCUT2D eigenvalue weighted by atomic mass is 10.2. The van der Waals surface area contributed by atoms with E-state index in [4.69, 9.17) is 16.3 Å². The molecule has 2 aromatic rings. The van der Waals surface area contributed by atoms with Crippen molar-refractivity contribution in [3.8, 4) is 5.75 Å². The maximum Gasteiger partial charge on any atom is 0.121 e. The third-order valence-electron chi connectivity index (χ3n) is 3.58. The number of benzene rings is 2. The standard InChI is InChI=1S/C17H18ClNO/c18-15-7-4-8-16(11-15)20-17-9-10-19(13-17)12-14-5-2-1-3-6-14/h1-8,11,17H,9-10,12-13H2. The molecular formula is C17H18ClNO. The molecule has 3 heteroatoms. The Morgan fingerprint density at radius 2 is 1.95 bits per heavy atom. The number of hydrogen-bond acceptors (Lipinski definition) is 2. The first-order valence-corrected chi connectivity index (χ1v) is 7.36. The summed E-state index contributed by atoms with van der Waals surface area (Å²) < 4.78 is 6.00. The first-order chi connectivity index (χ1) is 9.79. The molecule has 0 aromatic heterocycles. The molecule has 3 rings (SSSR count). The number of halogens is 1. The van der Waals surface area contributed by atoms with Gasteiger partial charge < -0.3 is 4.74 Å². The third-order valence-corrected chi connectivity index (χ3v) is 3.81. The molecule has 1 atom stereocenters. The molecule has 0 saturated carbocycles. The SMILES string of the molecule is Clc1cccc(OC2CCN(Cc3ccccc3)C2)c1. The van der Waals surface area contributed by atoms with E-state index in [0.717, 1.165) is 36.8 Å². The topological polar surface area (TPSA) is 12.5 Å². The number of likely N-dealkylation sites (tertiary alicyclic amines) is 1. The van der Waals surface area contributed by atoms with Gasteiger partial charge >= 0.3 is 0 Å². The van der Waals surface area contributed by atoms with Crippen LogP contribution in [0, 0.1) is 0 Å². The lowest BCUT2D eigenvalue weighted by molar-refractivity contribution is 0.198. The van der Waals surface area contributed by atoms with Crippen LogP contribution in [-0.2, 0) is 6.54 Å². The van der Waals surface area contributed by atoms with Gasteiger partial charge in [-0.25, -0.2) is 0 Å². The van der Waals surface area contributed by atoms with Gasteiger partial charge in [0.15, 0.2) is 0 Å². The van der Waals surface area contributed by atoms with E-state index in [-0.39, 0.29) is 6.10 Å². The number of hydrogen-bond donors (Lipinski definition) is 0. The van der Waals surface area contributed by atoms with Crippen molar-refractivity contribution >= 4 is 11.6 Å². The first-order valence-electron chi connectivity index (χ1n) is 6.98. The predicted octanol–water partition coefficient (Wildman–Crippen LogP) is 3.99. The lowest BCUT2D eigenvalue weighted by Gasteiger charge is -2.17. The molecule has 20 heavy (non-hydrogen) atoms. The van der Waals surface area contributed by atoms with Gasteiger partial charge in [-0.1, -0.05) is 48.0 Å². The van der Waals surface area contributed by atoms with Crippen molar-refractivity contribution in [2.24, 2.45) is 0 Å². The van der Waals surface area contributed by atoms with Crippen molar-refractivity contribution in [2.75, 3.05) is 13.1 Å². The minimum Gasteiger partial charge on any atom is -0.489 e. The minimum atomic E-state index is 0.261. The van der Waals surface area contributed by atoms with Crippen LogP contribution in [0.15, 0.2) is 54.6 Å². The summed E-state index contributed by atoms with van der Waals surface area (Å²) in [6.45, 7) is 3.05. The Bertz CT molecular complexity index is 558. The van der Waals surface area contributed by atoms with Crippen LogP contribution in [0.2, 0.25) is 5.02 Å². The van der Waals surface area contributed by atoms with Gasteiger partial charge in [-0.3, -0.25) is 4.90 Å². The smallest absolute Gasteiger partial charge is 0.121 e. The van der Waals surface area contributed by atoms with Gasteiger partial charge in [0, 0.05) is 24.7 Å². The fourth-order valence-electron chi connectivity index (χ4n) is 2.61. The Hall–Kier alpha value is -1.51. The highest BCUT2D eigenvalue weighted by Gasteiger charge is 2.23. The summed E-state index contributed by atoms with van der Waals surface area (Å²) in [5, 5.41) is 0.724. The minimum absolute atomic E-state index is 0.261. The van der Waals surface area contributed by atoms with Crippen LogP contribution in [0.1, 0.15) is 12.0 Å². The highest BCUT2D eigenvalue weighted by molar-refractivity contribution is 6.30. The number of rotatable bonds is 4. The van der Waals surface area contributed by atoms with E-state index in [1.165, 1.54) is 5.56 Å². The average Bonchev–Trinajstić information content (AvgIpc) is 2.87.